The molecule has 0 spiro atoms. The van der Waals surface area contributed by atoms with Crippen molar-refractivity contribution < 1.29 is 9.59 Å². The Morgan fingerprint density at radius 3 is 2.82 bits per heavy atom. The molecule has 6 heteroatoms. The molecule has 0 saturated carbocycles. The molecule has 3 rings (SSSR count). The zero-order chi connectivity index (χ0) is 15.7. The molecule has 114 valence electrons. The Morgan fingerprint density at radius 1 is 1.41 bits per heavy atom. The third kappa shape index (κ3) is 2.59. The van der Waals surface area contributed by atoms with Gasteiger partial charge in [0.25, 0.3) is 0 Å². The van der Waals surface area contributed by atoms with E-state index in [9.17, 15) is 9.59 Å². The van der Waals surface area contributed by atoms with Crippen LogP contribution in [0.25, 0.3) is 5.69 Å². The molecular formula is C16H18N4O2. The number of aryl methyl sites for hydroxylation is 1. The number of likely N-dealkylation sites (tertiary alicyclic amines) is 1. The maximum absolute atomic E-state index is 12.1. The minimum atomic E-state index is -0.408. The maximum Gasteiger partial charge on any atom is 0.223 e. The van der Waals surface area contributed by atoms with E-state index < -0.39 is 5.91 Å². The summed E-state index contributed by atoms with van der Waals surface area (Å²) in [5.41, 5.74) is 7.32. The average Bonchev–Trinajstić information content (AvgIpc) is 3.07. The molecule has 2 heterocycles. The summed E-state index contributed by atoms with van der Waals surface area (Å²) in [6, 6.07) is 7.88. The van der Waals surface area contributed by atoms with Gasteiger partial charge in [0, 0.05) is 31.9 Å². The fourth-order valence-electron chi connectivity index (χ4n) is 2.83. The maximum atomic E-state index is 12.1. The van der Waals surface area contributed by atoms with Gasteiger partial charge in [-0.05, 0) is 18.6 Å². The number of nitrogens with two attached hydrogens (primary N) is 1. The quantitative estimate of drug-likeness (QED) is 0.914. The topological polar surface area (TPSA) is 81.2 Å². The smallest absolute Gasteiger partial charge is 0.223 e. The summed E-state index contributed by atoms with van der Waals surface area (Å²) in [5.74, 6) is 0.0698. The zero-order valence-electron chi connectivity index (χ0n) is 12.4. The number of para-hydroxylation sites is 1. The minimum Gasteiger partial charge on any atom is -0.369 e. The van der Waals surface area contributed by atoms with E-state index in [1.54, 1.807) is 11.1 Å². The van der Waals surface area contributed by atoms with Gasteiger partial charge in [-0.2, -0.15) is 0 Å². The zero-order valence-corrected chi connectivity index (χ0v) is 12.4. The van der Waals surface area contributed by atoms with Crippen LogP contribution in [0.3, 0.4) is 0 Å². The number of rotatable bonds is 4. The Kier molecular flexibility index (Phi) is 3.66. The van der Waals surface area contributed by atoms with Crippen LogP contribution in [0.1, 0.15) is 17.8 Å². The summed E-state index contributed by atoms with van der Waals surface area (Å²) in [4.78, 5) is 29.3. The number of imidazole rings is 1. The Balaban J connectivity index is 1.86. The number of amides is 2. The summed E-state index contributed by atoms with van der Waals surface area (Å²) >= 11 is 0. The van der Waals surface area contributed by atoms with Crippen LogP contribution in [0.5, 0.6) is 0 Å². The number of aromatic nitrogens is 2. The van der Waals surface area contributed by atoms with E-state index in [4.69, 9.17) is 5.73 Å². The van der Waals surface area contributed by atoms with Gasteiger partial charge in [0.15, 0.2) is 0 Å². The van der Waals surface area contributed by atoms with Crippen molar-refractivity contribution in [1.82, 2.24) is 14.5 Å². The normalized spacial score (nSPS) is 18.0. The van der Waals surface area contributed by atoms with E-state index in [1.807, 2.05) is 42.0 Å². The number of benzene rings is 1. The Bertz CT molecular complexity index is 722. The Labute approximate surface area is 128 Å². The summed E-state index contributed by atoms with van der Waals surface area (Å²) in [6.45, 7) is 2.79. The van der Waals surface area contributed by atoms with Gasteiger partial charge in [-0.1, -0.05) is 18.2 Å². The van der Waals surface area contributed by atoms with E-state index in [-0.39, 0.29) is 18.2 Å². The standard InChI is InChI=1S/C16H18N4O2/c1-11-18-6-7-20(11)14-5-3-2-4-12(14)9-19-10-13(16(17)22)8-15(19)21/h2-7,13H,8-10H2,1H3,(H2,17,22). The lowest BCUT2D eigenvalue weighted by Crippen LogP contribution is -2.28. The summed E-state index contributed by atoms with van der Waals surface area (Å²) < 4.78 is 1.99. The molecule has 2 aromatic rings. The molecule has 0 aliphatic carbocycles. The molecule has 1 fully saturated rings. The lowest BCUT2D eigenvalue weighted by atomic mass is 10.1. The first-order valence-corrected chi connectivity index (χ1v) is 7.21. The highest BCUT2D eigenvalue weighted by atomic mass is 16.2. The van der Waals surface area contributed by atoms with Crippen LogP contribution in [0.4, 0.5) is 0 Å². The third-order valence-corrected chi connectivity index (χ3v) is 4.05. The molecule has 22 heavy (non-hydrogen) atoms. The van der Waals surface area contributed by atoms with Crippen molar-refractivity contribution >= 4 is 11.8 Å². The predicted octanol–water partition coefficient (Wildman–Crippen LogP) is 1.01. The highest BCUT2D eigenvalue weighted by Gasteiger charge is 2.33. The van der Waals surface area contributed by atoms with E-state index in [2.05, 4.69) is 4.98 Å². The molecule has 1 aromatic carbocycles. The van der Waals surface area contributed by atoms with Crippen molar-refractivity contribution in [3.63, 3.8) is 0 Å². The van der Waals surface area contributed by atoms with Crippen LogP contribution in [-0.4, -0.2) is 32.8 Å². The molecule has 0 radical (unpaired) electrons. The van der Waals surface area contributed by atoms with Crippen molar-refractivity contribution in [2.75, 3.05) is 6.54 Å². The van der Waals surface area contributed by atoms with Crippen LogP contribution in [0.2, 0.25) is 0 Å². The van der Waals surface area contributed by atoms with Gasteiger partial charge in [0.1, 0.15) is 5.82 Å². The molecule has 1 aromatic heterocycles. The summed E-state index contributed by atoms with van der Waals surface area (Å²) in [6.07, 6.45) is 3.85. The van der Waals surface area contributed by atoms with Gasteiger partial charge >= 0.3 is 0 Å². The second-order valence-corrected chi connectivity index (χ2v) is 5.55. The van der Waals surface area contributed by atoms with Crippen LogP contribution < -0.4 is 5.73 Å². The highest BCUT2D eigenvalue weighted by molar-refractivity contribution is 5.88. The summed E-state index contributed by atoms with van der Waals surface area (Å²) in [7, 11) is 0. The first kappa shape index (κ1) is 14.3. The van der Waals surface area contributed by atoms with Crippen LogP contribution in [-0.2, 0) is 16.1 Å². The highest BCUT2D eigenvalue weighted by Crippen LogP contribution is 2.23. The number of nitrogens with zero attached hydrogens (tertiary/aromatic N) is 3. The fourth-order valence-corrected chi connectivity index (χ4v) is 2.83. The molecule has 1 atom stereocenters. The monoisotopic (exact) mass is 298 g/mol. The molecule has 1 saturated heterocycles. The lowest BCUT2D eigenvalue weighted by Gasteiger charge is -2.19. The van der Waals surface area contributed by atoms with Crippen molar-refractivity contribution in [2.45, 2.75) is 19.9 Å². The van der Waals surface area contributed by atoms with E-state index in [0.717, 1.165) is 17.1 Å². The van der Waals surface area contributed by atoms with Crippen LogP contribution in [0, 0.1) is 12.8 Å². The third-order valence-electron chi connectivity index (χ3n) is 4.05. The Hall–Kier alpha value is -2.63. The van der Waals surface area contributed by atoms with E-state index in [1.165, 1.54) is 0 Å². The molecule has 1 aliphatic rings. The molecule has 6 nitrogen and oxygen atoms in total. The molecule has 2 N–H and O–H groups in total. The largest absolute Gasteiger partial charge is 0.369 e. The SMILES string of the molecule is Cc1nccn1-c1ccccc1CN1CC(C(N)=O)CC1=O. The van der Waals surface area contributed by atoms with Crippen LogP contribution in [0.15, 0.2) is 36.7 Å². The first-order valence-electron chi connectivity index (χ1n) is 7.21. The minimum absolute atomic E-state index is 0.0269. The van der Waals surface area contributed by atoms with Gasteiger partial charge in [-0.15, -0.1) is 0 Å². The predicted molar refractivity (Wildman–Crippen MR) is 81.0 cm³/mol. The van der Waals surface area contributed by atoms with Gasteiger partial charge in [-0.25, -0.2) is 4.98 Å². The number of hydrogen-bond donors (Lipinski definition) is 1. The second-order valence-electron chi connectivity index (χ2n) is 5.55. The number of primary amides is 1. The lowest BCUT2D eigenvalue weighted by molar-refractivity contribution is -0.128. The van der Waals surface area contributed by atoms with Crippen molar-refractivity contribution in [3.05, 3.63) is 48.0 Å². The molecule has 1 aliphatic heterocycles. The van der Waals surface area contributed by atoms with Gasteiger partial charge < -0.3 is 15.2 Å². The van der Waals surface area contributed by atoms with E-state index in [0.29, 0.717) is 13.1 Å². The Morgan fingerprint density at radius 2 is 2.18 bits per heavy atom. The molecular weight excluding hydrogens is 280 g/mol. The molecule has 0 bridgehead atoms. The van der Waals surface area contributed by atoms with Gasteiger partial charge in [-0.3, -0.25) is 9.59 Å². The second kappa shape index (κ2) is 5.63. The van der Waals surface area contributed by atoms with Gasteiger partial charge in [0.05, 0.1) is 11.6 Å². The fraction of sp³-hybridized carbons (Fsp3) is 0.312. The molecule has 2 amide bonds. The van der Waals surface area contributed by atoms with Crippen molar-refractivity contribution in [1.29, 1.82) is 0 Å². The van der Waals surface area contributed by atoms with Gasteiger partial charge in [0.2, 0.25) is 11.8 Å². The average molecular weight is 298 g/mol. The number of hydrogen-bond acceptors (Lipinski definition) is 3. The number of carbonyl (C=O) groups is 2. The first-order chi connectivity index (χ1) is 10.6. The number of carbonyl (C=O) groups excluding carboxylic acids is 2. The van der Waals surface area contributed by atoms with Crippen molar-refractivity contribution in [2.24, 2.45) is 11.7 Å². The molecule has 1 unspecified atom stereocenters. The van der Waals surface area contributed by atoms with Crippen LogP contribution >= 0.6 is 0 Å². The summed E-state index contributed by atoms with van der Waals surface area (Å²) in [5, 5.41) is 0. The van der Waals surface area contributed by atoms with E-state index >= 15 is 0 Å². The van der Waals surface area contributed by atoms with Crippen molar-refractivity contribution in [3.8, 4) is 5.69 Å².